The van der Waals surface area contributed by atoms with Gasteiger partial charge in [-0.05, 0) is 37.0 Å². The van der Waals surface area contributed by atoms with E-state index in [-0.39, 0.29) is 18.1 Å². The molecule has 2 rings (SSSR count). The minimum atomic E-state index is -0.164. The number of carbonyl (C=O) groups excluding carboxylic acids is 1. The molecule has 1 N–H and O–H groups in total. The SMILES string of the molecule is COC[C@H](NC(=O)C[C@@H]1CCCCO1)c1ccc(Cl)cc1. The zero-order chi connectivity index (χ0) is 15.1. The van der Waals surface area contributed by atoms with E-state index in [9.17, 15) is 4.79 Å². The molecule has 1 aromatic rings. The van der Waals surface area contributed by atoms with E-state index in [1.54, 1.807) is 7.11 Å². The van der Waals surface area contributed by atoms with Crippen LogP contribution in [0.25, 0.3) is 0 Å². The molecule has 116 valence electrons. The van der Waals surface area contributed by atoms with Crippen molar-refractivity contribution in [1.29, 1.82) is 0 Å². The van der Waals surface area contributed by atoms with Crippen molar-refractivity contribution in [3.05, 3.63) is 34.9 Å². The Kier molecular flexibility index (Phi) is 6.49. The predicted octanol–water partition coefficient (Wildman–Crippen LogP) is 3.10. The number of ether oxygens (including phenoxy) is 2. The molecule has 0 saturated carbocycles. The maximum absolute atomic E-state index is 12.2. The molecule has 4 nitrogen and oxygen atoms in total. The van der Waals surface area contributed by atoms with Crippen LogP contribution in [0.4, 0.5) is 0 Å². The Balaban J connectivity index is 1.91. The molecule has 1 aliphatic heterocycles. The number of nitrogens with one attached hydrogen (secondary N) is 1. The van der Waals surface area contributed by atoms with Crippen molar-refractivity contribution >= 4 is 17.5 Å². The van der Waals surface area contributed by atoms with Gasteiger partial charge in [-0.1, -0.05) is 23.7 Å². The van der Waals surface area contributed by atoms with Crippen molar-refractivity contribution in [3.63, 3.8) is 0 Å². The van der Waals surface area contributed by atoms with E-state index in [4.69, 9.17) is 21.1 Å². The maximum Gasteiger partial charge on any atom is 0.223 e. The van der Waals surface area contributed by atoms with Crippen LogP contribution in [-0.2, 0) is 14.3 Å². The highest BCUT2D eigenvalue weighted by atomic mass is 35.5. The van der Waals surface area contributed by atoms with Gasteiger partial charge in [0, 0.05) is 18.7 Å². The Morgan fingerprint density at radius 3 is 2.81 bits per heavy atom. The Bertz CT molecular complexity index is 443. The topological polar surface area (TPSA) is 47.6 Å². The zero-order valence-electron chi connectivity index (χ0n) is 12.3. The molecule has 1 saturated heterocycles. The van der Waals surface area contributed by atoms with Crippen LogP contribution < -0.4 is 5.32 Å². The monoisotopic (exact) mass is 311 g/mol. The second-order valence-electron chi connectivity index (χ2n) is 5.32. The van der Waals surface area contributed by atoms with Crippen LogP contribution in [0.2, 0.25) is 5.02 Å². The number of carbonyl (C=O) groups is 1. The van der Waals surface area contributed by atoms with E-state index in [0.717, 1.165) is 31.4 Å². The van der Waals surface area contributed by atoms with Crippen molar-refractivity contribution in [1.82, 2.24) is 5.32 Å². The molecule has 1 aromatic carbocycles. The highest BCUT2D eigenvalue weighted by molar-refractivity contribution is 6.30. The second-order valence-corrected chi connectivity index (χ2v) is 5.76. The molecule has 1 heterocycles. The molecule has 1 amide bonds. The maximum atomic E-state index is 12.2. The van der Waals surface area contributed by atoms with Crippen LogP contribution in [-0.4, -0.2) is 32.3 Å². The lowest BCUT2D eigenvalue weighted by Crippen LogP contribution is -2.34. The standard InChI is InChI=1S/C16H22ClNO3/c1-20-11-15(12-5-7-13(17)8-6-12)18-16(19)10-14-4-2-3-9-21-14/h5-8,14-15H,2-4,9-11H2,1H3,(H,18,19)/t14-,15-/m0/s1. The van der Waals surface area contributed by atoms with Crippen LogP contribution in [0.5, 0.6) is 0 Å². The summed E-state index contributed by atoms with van der Waals surface area (Å²) in [6, 6.07) is 7.28. The van der Waals surface area contributed by atoms with Crippen molar-refractivity contribution < 1.29 is 14.3 Å². The van der Waals surface area contributed by atoms with Crippen molar-refractivity contribution in [2.45, 2.75) is 37.8 Å². The van der Waals surface area contributed by atoms with Gasteiger partial charge in [0.1, 0.15) is 0 Å². The van der Waals surface area contributed by atoms with Crippen LogP contribution in [0, 0.1) is 0 Å². The van der Waals surface area contributed by atoms with Crippen molar-refractivity contribution in [2.75, 3.05) is 20.3 Å². The first-order valence-corrected chi connectivity index (χ1v) is 7.72. The highest BCUT2D eigenvalue weighted by Crippen LogP contribution is 2.19. The first-order chi connectivity index (χ1) is 10.2. The van der Waals surface area contributed by atoms with Crippen LogP contribution in [0.1, 0.15) is 37.3 Å². The Morgan fingerprint density at radius 1 is 1.43 bits per heavy atom. The molecular formula is C16H22ClNO3. The third-order valence-corrected chi connectivity index (χ3v) is 3.88. The third-order valence-electron chi connectivity index (χ3n) is 3.63. The van der Waals surface area contributed by atoms with Gasteiger partial charge in [0.05, 0.1) is 25.2 Å². The summed E-state index contributed by atoms with van der Waals surface area (Å²) in [7, 11) is 1.62. The normalized spacial score (nSPS) is 20.0. The van der Waals surface area contributed by atoms with Crippen LogP contribution in [0.3, 0.4) is 0 Å². The summed E-state index contributed by atoms with van der Waals surface area (Å²) in [5.74, 6) is -0.00102. The van der Waals surface area contributed by atoms with Crippen LogP contribution >= 0.6 is 11.6 Å². The van der Waals surface area contributed by atoms with Crippen molar-refractivity contribution in [2.24, 2.45) is 0 Å². The van der Waals surface area contributed by atoms with E-state index < -0.39 is 0 Å². The molecule has 21 heavy (non-hydrogen) atoms. The quantitative estimate of drug-likeness (QED) is 0.878. The molecular weight excluding hydrogens is 290 g/mol. The average molecular weight is 312 g/mol. The van der Waals surface area contributed by atoms with Gasteiger partial charge in [-0.15, -0.1) is 0 Å². The van der Waals surface area contributed by atoms with Gasteiger partial charge in [-0.2, -0.15) is 0 Å². The largest absolute Gasteiger partial charge is 0.382 e. The lowest BCUT2D eigenvalue weighted by Gasteiger charge is -2.24. The highest BCUT2D eigenvalue weighted by Gasteiger charge is 2.20. The zero-order valence-corrected chi connectivity index (χ0v) is 13.1. The minimum Gasteiger partial charge on any atom is -0.382 e. The molecule has 0 spiro atoms. The fourth-order valence-electron chi connectivity index (χ4n) is 2.51. The molecule has 0 unspecified atom stereocenters. The summed E-state index contributed by atoms with van der Waals surface area (Å²) in [6.45, 7) is 1.19. The Morgan fingerprint density at radius 2 is 2.19 bits per heavy atom. The summed E-state index contributed by atoms with van der Waals surface area (Å²) in [5.41, 5.74) is 0.985. The smallest absolute Gasteiger partial charge is 0.223 e. The van der Waals surface area contributed by atoms with Gasteiger partial charge in [0.15, 0.2) is 0 Å². The minimum absolute atomic E-state index is 0.00102. The molecule has 0 aromatic heterocycles. The molecule has 0 radical (unpaired) electrons. The van der Waals surface area contributed by atoms with Crippen molar-refractivity contribution in [3.8, 4) is 0 Å². The molecule has 1 fully saturated rings. The summed E-state index contributed by atoms with van der Waals surface area (Å²) >= 11 is 5.89. The van der Waals surface area contributed by atoms with Gasteiger partial charge < -0.3 is 14.8 Å². The lowest BCUT2D eigenvalue weighted by atomic mass is 10.0. The summed E-state index contributed by atoms with van der Waals surface area (Å²) in [5, 5.41) is 3.69. The molecule has 0 bridgehead atoms. The Hall–Kier alpha value is -1.10. The van der Waals surface area contributed by atoms with E-state index >= 15 is 0 Å². The van der Waals surface area contributed by atoms with E-state index in [0.29, 0.717) is 18.1 Å². The number of benzene rings is 1. The number of amides is 1. The fourth-order valence-corrected chi connectivity index (χ4v) is 2.64. The van der Waals surface area contributed by atoms with Crippen LogP contribution in [0.15, 0.2) is 24.3 Å². The number of rotatable bonds is 6. The molecule has 5 heteroatoms. The summed E-state index contributed by atoms with van der Waals surface area (Å²) in [6.07, 6.45) is 3.65. The number of halogens is 1. The number of hydrogen-bond acceptors (Lipinski definition) is 3. The Labute approximate surface area is 130 Å². The first kappa shape index (κ1) is 16.3. The van der Waals surface area contributed by atoms with Gasteiger partial charge in [-0.3, -0.25) is 4.79 Å². The number of methoxy groups -OCH3 is 1. The molecule has 0 aliphatic carbocycles. The van der Waals surface area contributed by atoms with Gasteiger partial charge in [-0.25, -0.2) is 0 Å². The third kappa shape index (κ3) is 5.30. The van der Waals surface area contributed by atoms with E-state index in [2.05, 4.69) is 5.32 Å². The first-order valence-electron chi connectivity index (χ1n) is 7.34. The predicted molar refractivity (Wildman–Crippen MR) is 82.4 cm³/mol. The van der Waals surface area contributed by atoms with E-state index in [1.165, 1.54) is 0 Å². The lowest BCUT2D eigenvalue weighted by molar-refractivity contribution is -0.126. The fraction of sp³-hybridized carbons (Fsp3) is 0.562. The van der Waals surface area contributed by atoms with Gasteiger partial charge >= 0.3 is 0 Å². The summed E-state index contributed by atoms with van der Waals surface area (Å²) in [4.78, 5) is 12.2. The number of hydrogen-bond donors (Lipinski definition) is 1. The second kappa shape index (κ2) is 8.37. The van der Waals surface area contributed by atoms with E-state index in [1.807, 2.05) is 24.3 Å². The molecule has 1 aliphatic rings. The summed E-state index contributed by atoms with van der Waals surface area (Å²) < 4.78 is 10.8. The molecule has 2 atom stereocenters. The van der Waals surface area contributed by atoms with Gasteiger partial charge in [0.2, 0.25) is 5.91 Å². The van der Waals surface area contributed by atoms with Gasteiger partial charge in [0.25, 0.3) is 0 Å². The average Bonchev–Trinajstić information content (AvgIpc) is 2.48.